The first-order valence-corrected chi connectivity index (χ1v) is 7.58. The number of carbonyl (C=O) groups excluding carboxylic acids is 1. The Morgan fingerprint density at radius 3 is 2.90 bits per heavy atom. The fourth-order valence-electron chi connectivity index (χ4n) is 2.31. The molecule has 4 heteroatoms. The Kier molecular flexibility index (Phi) is 3.59. The number of nitrogens with zero attached hydrogens (tertiary/aromatic N) is 2. The van der Waals surface area contributed by atoms with E-state index < -0.39 is 0 Å². The van der Waals surface area contributed by atoms with Crippen molar-refractivity contribution in [2.45, 2.75) is 19.9 Å². The lowest BCUT2D eigenvalue weighted by atomic mass is 10.1. The molecule has 21 heavy (non-hydrogen) atoms. The van der Waals surface area contributed by atoms with Crippen LogP contribution in [-0.4, -0.2) is 10.5 Å². The molecule has 1 amide bonds. The number of aromatic nitrogens is 1. The molecule has 0 N–H and O–H groups in total. The van der Waals surface area contributed by atoms with Gasteiger partial charge in [0.15, 0.2) is 4.80 Å². The average Bonchev–Trinajstić information content (AvgIpc) is 2.86. The van der Waals surface area contributed by atoms with Gasteiger partial charge in [-0.3, -0.25) is 4.79 Å². The van der Waals surface area contributed by atoms with Gasteiger partial charge in [0.25, 0.3) is 0 Å². The summed E-state index contributed by atoms with van der Waals surface area (Å²) < 4.78 is 3.05. The van der Waals surface area contributed by atoms with Crippen LogP contribution in [0.3, 0.4) is 0 Å². The Hall–Kier alpha value is -2.38. The highest BCUT2D eigenvalue weighted by Crippen LogP contribution is 2.27. The highest BCUT2D eigenvalue weighted by molar-refractivity contribution is 7.17. The Balaban J connectivity index is 2.41. The van der Waals surface area contributed by atoms with E-state index in [-0.39, 0.29) is 5.91 Å². The maximum absolute atomic E-state index is 11.7. The van der Waals surface area contributed by atoms with Crippen LogP contribution in [-0.2, 0) is 11.3 Å². The van der Waals surface area contributed by atoms with Crippen molar-refractivity contribution in [2.75, 3.05) is 0 Å². The molecule has 2 aromatic carbocycles. The Bertz CT molecular complexity index is 941. The van der Waals surface area contributed by atoms with E-state index in [0.29, 0.717) is 17.8 Å². The highest BCUT2D eigenvalue weighted by atomic mass is 32.1. The Labute approximate surface area is 126 Å². The van der Waals surface area contributed by atoms with Gasteiger partial charge in [0.05, 0.1) is 16.8 Å². The van der Waals surface area contributed by atoms with Gasteiger partial charge in [-0.05, 0) is 11.5 Å². The molecular weight excluding hydrogens is 280 g/mol. The molecule has 0 aliphatic rings. The van der Waals surface area contributed by atoms with Crippen molar-refractivity contribution in [1.29, 1.82) is 0 Å². The van der Waals surface area contributed by atoms with Crippen molar-refractivity contribution < 1.29 is 4.79 Å². The van der Waals surface area contributed by atoms with Gasteiger partial charge < -0.3 is 4.57 Å². The molecule has 0 atom stereocenters. The predicted molar refractivity (Wildman–Crippen MR) is 87.0 cm³/mol. The highest BCUT2D eigenvalue weighted by Gasteiger charge is 2.09. The zero-order valence-electron chi connectivity index (χ0n) is 11.7. The summed E-state index contributed by atoms with van der Waals surface area (Å²) in [5.41, 5.74) is 1.03. The molecule has 0 fully saturated rings. The van der Waals surface area contributed by atoms with E-state index in [9.17, 15) is 4.79 Å². The number of hydrogen-bond donors (Lipinski definition) is 0. The van der Waals surface area contributed by atoms with Crippen LogP contribution < -0.4 is 4.80 Å². The molecule has 3 nitrogen and oxygen atoms in total. The van der Waals surface area contributed by atoms with Crippen LogP contribution in [0, 0.1) is 12.3 Å². The number of terminal acetylenes is 1. The zero-order valence-corrected chi connectivity index (χ0v) is 12.5. The molecule has 0 aliphatic heterocycles. The van der Waals surface area contributed by atoms with Crippen molar-refractivity contribution in [3.63, 3.8) is 0 Å². The minimum Gasteiger partial charge on any atom is -0.305 e. The molecule has 3 rings (SSSR count). The lowest BCUT2D eigenvalue weighted by Crippen LogP contribution is -2.16. The number of carbonyl (C=O) groups is 1. The van der Waals surface area contributed by atoms with Gasteiger partial charge in [-0.25, -0.2) is 0 Å². The van der Waals surface area contributed by atoms with Crippen molar-refractivity contribution >= 4 is 38.2 Å². The molecule has 0 saturated carbocycles. The largest absolute Gasteiger partial charge is 0.305 e. The number of benzene rings is 2. The van der Waals surface area contributed by atoms with Gasteiger partial charge in [-0.15, -0.1) is 6.42 Å². The van der Waals surface area contributed by atoms with E-state index >= 15 is 0 Å². The van der Waals surface area contributed by atoms with Crippen LogP contribution in [0.2, 0.25) is 0 Å². The molecular formula is C17H14N2OS. The van der Waals surface area contributed by atoms with Crippen molar-refractivity contribution in [2.24, 2.45) is 4.99 Å². The molecule has 1 aromatic heterocycles. The van der Waals surface area contributed by atoms with E-state index in [1.165, 1.54) is 16.7 Å². The van der Waals surface area contributed by atoms with Gasteiger partial charge in [0, 0.05) is 11.8 Å². The molecule has 0 unspecified atom stereocenters. The molecule has 0 aliphatic carbocycles. The second-order valence-corrected chi connectivity index (χ2v) is 5.65. The minimum absolute atomic E-state index is 0.128. The van der Waals surface area contributed by atoms with E-state index in [0.717, 1.165) is 15.6 Å². The van der Waals surface area contributed by atoms with Crippen molar-refractivity contribution in [3.8, 4) is 12.3 Å². The first kappa shape index (κ1) is 13.6. The van der Waals surface area contributed by atoms with E-state index in [4.69, 9.17) is 6.42 Å². The van der Waals surface area contributed by atoms with Crippen molar-refractivity contribution in [1.82, 2.24) is 4.57 Å². The van der Waals surface area contributed by atoms with Crippen LogP contribution in [0.4, 0.5) is 0 Å². The molecule has 3 aromatic rings. The monoisotopic (exact) mass is 294 g/mol. The smallest absolute Gasteiger partial charge is 0.248 e. The quantitative estimate of drug-likeness (QED) is 0.668. The van der Waals surface area contributed by atoms with Crippen molar-refractivity contribution in [3.05, 3.63) is 41.2 Å². The number of rotatable bonds is 2. The third kappa shape index (κ3) is 2.37. The van der Waals surface area contributed by atoms with E-state index in [1.807, 2.05) is 22.8 Å². The summed E-state index contributed by atoms with van der Waals surface area (Å²) in [4.78, 5) is 16.5. The van der Waals surface area contributed by atoms with E-state index in [2.05, 4.69) is 29.1 Å². The number of hydrogen-bond acceptors (Lipinski definition) is 2. The molecule has 0 radical (unpaired) electrons. The summed E-state index contributed by atoms with van der Waals surface area (Å²) in [6.45, 7) is 2.22. The van der Waals surface area contributed by atoms with Crippen LogP contribution in [0.5, 0.6) is 0 Å². The Morgan fingerprint density at radius 1 is 1.33 bits per heavy atom. The molecule has 0 bridgehead atoms. The normalized spacial score (nSPS) is 11.9. The number of fused-ring (bicyclic) bond motifs is 3. The summed E-state index contributed by atoms with van der Waals surface area (Å²) >= 11 is 1.52. The lowest BCUT2D eigenvalue weighted by molar-refractivity contribution is -0.117. The van der Waals surface area contributed by atoms with Gasteiger partial charge >= 0.3 is 0 Å². The SMILES string of the molecule is C#CCn1c(=NC(=O)CC)sc2c3ccccc3ccc21. The maximum Gasteiger partial charge on any atom is 0.248 e. The third-order valence-corrected chi connectivity index (χ3v) is 4.47. The summed E-state index contributed by atoms with van der Waals surface area (Å²) in [6, 6.07) is 12.3. The molecule has 104 valence electrons. The summed E-state index contributed by atoms with van der Waals surface area (Å²) in [6.07, 6.45) is 5.86. The summed E-state index contributed by atoms with van der Waals surface area (Å²) in [7, 11) is 0. The zero-order chi connectivity index (χ0) is 14.8. The summed E-state index contributed by atoms with van der Waals surface area (Å²) in [5, 5.41) is 2.34. The predicted octanol–water partition coefficient (Wildman–Crippen LogP) is 3.33. The molecule has 0 saturated heterocycles. The van der Waals surface area contributed by atoms with Gasteiger partial charge in [-0.2, -0.15) is 4.99 Å². The lowest BCUT2D eigenvalue weighted by Gasteiger charge is -2.01. The average molecular weight is 294 g/mol. The third-order valence-electron chi connectivity index (χ3n) is 3.35. The first-order chi connectivity index (χ1) is 10.2. The van der Waals surface area contributed by atoms with E-state index in [1.54, 1.807) is 6.92 Å². The Morgan fingerprint density at radius 2 is 2.14 bits per heavy atom. The van der Waals surface area contributed by atoms with Crippen LogP contribution in [0.15, 0.2) is 41.4 Å². The standard InChI is InChI=1S/C17H14N2OS/c1-3-11-19-14-10-9-12-7-5-6-8-13(12)16(14)21-17(19)18-15(20)4-2/h1,5-10H,4,11H2,2H3. The summed E-state index contributed by atoms with van der Waals surface area (Å²) in [5.74, 6) is 2.51. The van der Waals surface area contributed by atoms with Gasteiger partial charge in [-0.1, -0.05) is 54.5 Å². The number of thiazole rings is 1. The van der Waals surface area contributed by atoms with Gasteiger partial charge in [0.2, 0.25) is 5.91 Å². The van der Waals surface area contributed by atoms with Crippen LogP contribution in [0.25, 0.3) is 21.0 Å². The fraction of sp³-hybridized carbons (Fsp3) is 0.176. The first-order valence-electron chi connectivity index (χ1n) is 6.76. The molecule has 1 heterocycles. The van der Waals surface area contributed by atoms with Crippen LogP contribution in [0.1, 0.15) is 13.3 Å². The number of amides is 1. The second kappa shape index (κ2) is 5.55. The fourth-order valence-corrected chi connectivity index (χ4v) is 3.50. The maximum atomic E-state index is 11.7. The van der Waals surface area contributed by atoms with Crippen LogP contribution >= 0.6 is 11.3 Å². The second-order valence-electron chi connectivity index (χ2n) is 4.67. The molecule has 0 spiro atoms. The van der Waals surface area contributed by atoms with Gasteiger partial charge in [0.1, 0.15) is 0 Å². The minimum atomic E-state index is -0.128. The topological polar surface area (TPSA) is 34.4 Å².